The number of hydrogen-bond acceptors (Lipinski definition) is 3. The van der Waals surface area contributed by atoms with Crippen LogP contribution >= 0.6 is 15.9 Å². The van der Waals surface area contributed by atoms with Crippen LogP contribution in [-0.4, -0.2) is 25.7 Å². The first-order valence-corrected chi connectivity index (χ1v) is 5.94. The summed E-state index contributed by atoms with van der Waals surface area (Å²) in [5.41, 5.74) is 5.27. The molecule has 7 heteroatoms. The zero-order valence-electron chi connectivity index (χ0n) is 9.67. The highest BCUT2D eigenvalue weighted by atomic mass is 79.9. The fourth-order valence-corrected chi connectivity index (χ4v) is 1.63. The van der Waals surface area contributed by atoms with Crippen molar-refractivity contribution in [2.75, 3.05) is 19.0 Å². The monoisotopic (exact) mass is 322 g/mol. The molecule has 1 rings (SSSR count). The number of carbonyl (C=O) groups is 1. The first kappa shape index (κ1) is 15.0. The standard InChI is InChI=1S/C11H13BrF2N2O2/c1-18-6(5-15)2-11(17)16-10-3-7(12)8(13)4-9(10)14/h3-4,6H,2,5,15H2,1H3,(H,16,17). The maximum absolute atomic E-state index is 13.4. The Bertz CT molecular complexity index is 439. The van der Waals surface area contributed by atoms with E-state index in [0.717, 1.165) is 6.07 Å². The van der Waals surface area contributed by atoms with Gasteiger partial charge in [-0.1, -0.05) is 0 Å². The molecule has 18 heavy (non-hydrogen) atoms. The molecule has 100 valence electrons. The van der Waals surface area contributed by atoms with Crippen LogP contribution in [0.2, 0.25) is 0 Å². The van der Waals surface area contributed by atoms with Crippen LogP contribution in [0, 0.1) is 11.6 Å². The van der Waals surface area contributed by atoms with Crippen LogP contribution < -0.4 is 11.1 Å². The Morgan fingerprint density at radius 1 is 1.50 bits per heavy atom. The molecule has 1 aromatic rings. The zero-order valence-corrected chi connectivity index (χ0v) is 11.3. The summed E-state index contributed by atoms with van der Waals surface area (Å²) in [6, 6.07) is 1.85. The van der Waals surface area contributed by atoms with Crippen molar-refractivity contribution in [2.45, 2.75) is 12.5 Å². The van der Waals surface area contributed by atoms with Gasteiger partial charge in [0.15, 0.2) is 0 Å². The van der Waals surface area contributed by atoms with Crippen molar-refractivity contribution < 1.29 is 18.3 Å². The summed E-state index contributed by atoms with van der Waals surface area (Å²) in [6.07, 6.45) is -0.432. The molecule has 1 atom stereocenters. The van der Waals surface area contributed by atoms with Gasteiger partial charge in [-0.25, -0.2) is 8.78 Å². The van der Waals surface area contributed by atoms with Gasteiger partial charge in [-0.05, 0) is 22.0 Å². The van der Waals surface area contributed by atoms with Gasteiger partial charge in [-0.2, -0.15) is 0 Å². The lowest BCUT2D eigenvalue weighted by atomic mass is 10.2. The highest BCUT2D eigenvalue weighted by Crippen LogP contribution is 2.23. The smallest absolute Gasteiger partial charge is 0.227 e. The van der Waals surface area contributed by atoms with Gasteiger partial charge < -0.3 is 15.8 Å². The summed E-state index contributed by atoms with van der Waals surface area (Å²) in [5.74, 6) is -2.03. The number of ether oxygens (including phenoxy) is 1. The first-order chi connectivity index (χ1) is 8.47. The molecule has 0 aromatic heterocycles. The lowest BCUT2D eigenvalue weighted by Crippen LogP contribution is -2.28. The average molecular weight is 323 g/mol. The second-order valence-corrected chi connectivity index (χ2v) is 4.45. The number of rotatable bonds is 5. The molecule has 0 aliphatic carbocycles. The van der Waals surface area contributed by atoms with Crippen molar-refractivity contribution in [1.29, 1.82) is 0 Å². The summed E-state index contributed by atoms with van der Waals surface area (Å²) >= 11 is 2.91. The van der Waals surface area contributed by atoms with Crippen LogP contribution in [0.15, 0.2) is 16.6 Å². The Kier molecular flexibility index (Phi) is 5.64. The van der Waals surface area contributed by atoms with Crippen LogP contribution in [0.1, 0.15) is 6.42 Å². The molecule has 1 unspecified atom stereocenters. The Labute approximate surface area is 112 Å². The van der Waals surface area contributed by atoms with E-state index in [9.17, 15) is 13.6 Å². The molecule has 1 amide bonds. The lowest BCUT2D eigenvalue weighted by molar-refractivity contribution is -0.118. The highest BCUT2D eigenvalue weighted by molar-refractivity contribution is 9.10. The molecule has 0 fully saturated rings. The third-order valence-corrected chi connectivity index (χ3v) is 2.90. The normalized spacial score (nSPS) is 12.3. The maximum Gasteiger partial charge on any atom is 0.227 e. The molecular weight excluding hydrogens is 310 g/mol. The molecule has 1 aromatic carbocycles. The first-order valence-electron chi connectivity index (χ1n) is 5.15. The quantitative estimate of drug-likeness (QED) is 0.815. The largest absolute Gasteiger partial charge is 0.380 e. The maximum atomic E-state index is 13.4. The number of hydrogen-bond donors (Lipinski definition) is 2. The van der Waals surface area contributed by atoms with E-state index in [-0.39, 0.29) is 23.1 Å². The molecule has 0 saturated carbocycles. The van der Waals surface area contributed by atoms with Gasteiger partial charge in [-0.3, -0.25) is 4.79 Å². The number of halogens is 3. The van der Waals surface area contributed by atoms with E-state index in [1.54, 1.807) is 0 Å². The van der Waals surface area contributed by atoms with Gasteiger partial charge in [-0.15, -0.1) is 0 Å². The van der Waals surface area contributed by atoms with Gasteiger partial charge in [0, 0.05) is 19.7 Å². The number of carbonyl (C=O) groups excluding carboxylic acids is 1. The average Bonchev–Trinajstić information content (AvgIpc) is 2.33. The third kappa shape index (κ3) is 4.01. The minimum atomic E-state index is -0.842. The minimum absolute atomic E-state index is 0.00142. The van der Waals surface area contributed by atoms with Gasteiger partial charge >= 0.3 is 0 Å². The number of anilines is 1. The summed E-state index contributed by atoms with van der Waals surface area (Å²) in [7, 11) is 1.43. The van der Waals surface area contributed by atoms with Gasteiger partial charge in [0.2, 0.25) is 5.91 Å². The molecule has 0 aliphatic rings. The molecule has 4 nitrogen and oxygen atoms in total. The predicted molar refractivity (Wildman–Crippen MR) is 67.2 cm³/mol. The van der Waals surface area contributed by atoms with E-state index in [1.165, 1.54) is 7.11 Å². The zero-order chi connectivity index (χ0) is 13.7. The number of benzene rings is 1. The van der Waals surface area contributed by atoms with E-state index >= 15 is 0 Å². The summed E-state index contributed by atoms with van der Waals surface area (Å²) in [4.78, 5) is 11.6. The minimum Gasteiger partial charge on any atom is -0.380 e. The number of amides is 1. The summed E-state index contributed by atoms with van der Waals surface area (Å²) in [6.45, 7) is 0.180. The van der Waals surface area contributed by atoms with Crippen molar-refractivity contribution in [1.82, 2.24) is 0 Å². The van der Waals surface area contributed by atoms with E-state index in [0.29, 0.717) is 6.07 Å². The second-order valence-electron chi connectivity index (χ2n) is 3.59. The van der Waals surface area contributed by atoms with Gasteiger partial charge in [0.05, 0.1) is 22.7 Å². The van der Waals surface area contributed by atoms with Gasteiger partial charge in [0.25, 0.3) is 0 Å². The third-order valence-electron chi connectivity index (χ3n) is 2.29. The molecule has 0 aliphatic heterocycles. The predicted octanol–water partition coefficient (Wildman–Crippen LogP) is 2.03. The Morgan fingerprint density at radius 2 is 2.17 bits per heavy atom. The van der Waals surface area contributed by atoms with Crippen molar-refractivity contribution >= 4 is 27.5 Å². The fraction of sp³-hybridized carbons (Fsp3) is 0.364. The molecule has 0 heterocycles. The molecule has 3 N–H and O–H groups in total. The Hall–Kier alpha value is -1.05. The van der Waals surface area contributed by atoms with Crippen LogP contribution in [0.5, 0.6) is 0 Å². The molecular formula is C11H13BrF2N2O2. The van der Waals surface area contributed by atoms with Crippen molar-refractivity contribution in [3.8, 4) is 0 Å². The van der Waals surface area contributed by atoms with E-state index in [4.69, 9.17) is 10.5 Å². The second kappa shape index (κ2) is 6.77. The molecule has 0 spiro atoms. The molecule has 0 bridgehead atoms. The number of nitrogens with two attached hydrogens (primary N) is 1. The Morgan fingerprint density at radius 3 is 2.72 bits per heavy atom. The van der Waals surface area contributed by atoms with Gasteiger partial charge in [0.1, 0.15) is 11.6 Å². The van der Waals surface area contributed by atoms with E-state index in [1.807, 2.05) is 0 Å². The van der Waals surface area contributed by atoms with Crippen molar-refractivity contribution in [3.05, 3.63) is 28.2 Å². The number of nitrogens with one attached hydrogen (secondary N) is 1. The highest BCUT2D eigenvalue weighted by Gasteiger charge is 2.14. The Balaban J connectivity index is 2.73. The van der Waals surface area contributed by atoms with Crippen LogP contribution in [-0.2, 0) is 9.53 Å². The van der Waals surface area contributed by atoms with Crippen molar-refractivity contribution in [2.24, 2.45) is 5.73 Å². The van der Waals surface area contributed by atoms with Crippen LogP contribution in [0.4, 0.5) is 14.5 Å². The number of methoxy groups -OCH3 is 1. The summed E-state index contributed by atoms with van der Waals surface area (Å²) < 4.78 is 31.3. The van der Waals surface area contributed by atoms with Crippen LogP contribution in [0.25, 0.3) is 0 Å². The molecule has 0 saturated heterocycles. The SMILES string of the molecule is COC(CN)CC(=O)Nc1cc(Br)c(F)cc1F. The van der Waals surface area contributed by atoms with E-state index < -0.39 is 23.6 Å². The summed E-state index contributed by atoms with van der Waals surface area (Å²) in [5, 5.41) is 2.33. The topological polar surface area (TPSA) is 64.3 Å². The molecule has 0 radical (unpaired) electrons. The van der Waals surface area contributed by atoms with Crippen LogP contribution in [0.3, 0.4) is 0 Å². The fourth-order valence-electron chi connectivity index (χ4n) is 1.29. The lowest BCUT2D eigenvalue weighted by Gasteiger charge is -2.13. The van der Waals surface area contributed by atoms with E-state index in [2.05, 4.69) is 21.2 Å². The van der Waals surface area contributed by atoms with Crippen molar-refractivity contribution in [3.63, 3.8) is 0 Å².